The lowest BCUT2D eigenvalue weighted by molar-refractivity contribution is 0.0989. The van der Waals surface area contributed by atoms with Gasteiger partial charge in [-0.1, -0.05) is 0 Å². The SMILES string of the molecule is COc1ccc(NC(=O)c2nnc(C)o2)cc1OC. The van der Waals surface area contributed by atoms with E-state index in [1.807, 2.05) is 0 Å². The van der Waals surface area contributed by atoms with Gasteiger partial charge >= 0.3 is 11.8 Å². The molecule has 7 nitrogen and oxygen atoms in total. The molecule has 0 saturated heterocycles. The van der Waals surface area contributed by atoms with Gasteiger partial charge < -0.3 is 19.2 Å². The normalized spacial score (nSPS) is 10.1. The van der Waals surface area contributed by atoms with Crippen molar-refractivity contribution in [3.05, 3.63) is 30.0 Å². The molecule has 0 aliphatic rings. The van der Waals surface area contributed by atoms with Crippen LogP contribution < -0.4 is 14.8 Å². The van der Waals surface area contributed by atoms with Gasteiger partial charge in [-0.2, -0.15) is 0 Å². The smallest absolute Gasteiger partial charge is 0.313 e. The first kappa shape index (κ1) is 12.9. The zero-order chi connectivity index (χ0) is 13.8. The molecule has 1 aromatic heterocycles. The van der Waals surface area contributed by atoms with E-state index in [9.17, 15) is 4.79 Å². The van der Waals surface area contributed by atoms with E-state index in [2.05, 4.69) is 15.5 Å². The molecule has 100 valence electrons. The number of anilines is 1. The van der Waals surface area contributed by atoms with Crippen LogP contribution in [-0.2, 0) is 0 Å². The van der Waals surface area contributed by atoms with Gasteiger partial charge in [-0.3, -0.25) is 4.79 Å². The van der Waals surface area contributed by atoms with Crippen molar-refractivity contribution in [2.75, 3.05) is 19.5 Å². The molecule has 1 aromatic carbocycles. The number of ether oxygens (including phenoxy) is 2. The summed E-state index contributed by atoms with van der Waals surface area (Å²) in [5.41, 5.74) is 0.540. The predicted molar refractivity (Wildman–Crippen MR) is 66.5 cm³/mol. The molecule has 0 unspecified atom stereocenters. The topological polar surface area (TPSA) is 86.5 Å². The van der Waals surface area contributed by atoms with Gasteiger partial charge in [-0.15, -0.1) is 10.2 Å². The lowest BCUT2D eigenvalue weighted by Gasteiger charge is -2.09. The molecule has 2 rings (SSSR count). The summed E-state index contributed by atoms with van der Waals surface area (Å²) in [6.07, 6.45) is 0. The number of amides is 1. The molecule has 0 fully saturated rings. The van der Waals surface area contributed by atoms with Gasteiger partial charge in [0, 0.05) is 18.7 Å². The Morgan fingerprint density at radius 1 is 1.21 bits per heavy atom. The number of benzene rings is 1. The molecule has 1 N–H and O–H groups in total. The number of aromatic nitrogens is 2. The molecule has 0 atom stereocenters. The zero-order valence-electron chi connectivity index (χ0n) is 10.8. The van der Waals surface area contributed by atoms with Crippen LogP contribution in [0.25, 0.3) is 0 Å². The highest BCUT2D eigenvalue weighted by molar-refractivity contribution is 6.00. The largest absolute Gasteiger partial charge is 0.493 e. The summed E-state index contributed by atoms with van der Waals surface area (Å²) in [4.78, 5) is 11.8. The Bertz CT molecular complexity index is 594. The van der Waals surface area contributed by atoms with Crippen LogP contribution in [0.5, 0.6) is 11.5 Å². The highest BCUT2D eigenvalue weighted by Crippen LogP contribution is 2.29. The number of carbonyl (C=O) groups excluding carboxylic acids is 1. The van der Waals surface area contributed by atoms with E-state index in [0.29, 0.717) is 23.1 Å². The van der Waals surface area contributed by atoms with Gasteiger partial charge in [0.05, 0.1) is 14.2 Å². The van der Waals surface area contributed by atoms with Crippen molar-refractivity contribution in [3.8, 4) is 11.5 Å². The third-order valence-corrected chi connectivity index (χ3v) is 2.36. The number of aryl methyl sites for hydroxylation is 1. The molecular weight excluding hydrogens is 250 g/mol. The van der Waals surface area contributed by atoms with Crippen molar-refractivity contribution in [1.29, 1.82) is 0 Å². The van der Waals surface area contributed by atoms with Crippen LogP contribution in [0.1, 0.15) is 16.6 Å². The van der Waals surface area contributed by atoms with Crippen LogP contribution in [0.15, 0.2) is 22.6 Å². The van der Waals surface area contributed by atoms with Crippen LogP contribution in [0, 0.1) is 6.92 Å². The highest BCUT2D eigenvalue weighted by atomic mass is 16.5. The number of hydrogen-bond donors (Lipinski definition) is 1. The third-order valence-electron chi connectivity index (χ3n) is 2.36. The van der Waals surface area contributed by atoms with E-state index < -0.39 is 5.91 Å². The maximum absolute atomic E-state index is 11.8. The third kappa shape index (κ3) is 2.82. The van der Waals surface area contributed by atoms with Crippen molar-refractivity contribution in [2.45, 2.75) is 6.92 Å². The molecule has 0 spiro atoms. The molecule has 1 amide bonds. The van der Waals surface area contributed by atoms with Gasteiger partial charge in [0.25, 0.3) is 0 Å². The van der Waals surface area contributed by atoms with E-state index in [0.717, 1.165) is 0 Å². The van der Waals surface area contributed by atoms with Gasteiger partial charge in [0.15, 0.2) is 11.5 Å². The molecule has 7 heteroatoms. The molecule has 1 heterocycles. The predicted octanol–water partition coefficient (Wildman–Crippen LogP) is 1.65. The number of hydrogen-bond acceptors (Lipinski definition) is 6. The molecule has 0 bridgehead atoms. The van der Waals surface area contributed by atoms with E-state index in [1.165, 1.54) is 14.2 Å². The average Bonchev–Trinajstić information content (AvgIpc) is 2.85. The first-order valence-corrected chi connectivity index (χ1v) is 5.47. The fraction of sp³-hybridized carbons (Fsp3) is 0.250. The Kier molecular flexibility index (Phi) is 3.65. The van der Waals surface area contributed by atoms with Crippen molar-refractivity contribution in [3.63, 3.8) is 0 Å². The molecule has 2 aromatic rings. The number of rotatable bonds is 4. The molecular formula is C12H13N3O4. The van der Waals surface area contributed by atoms with E-state index in [4.69, 9.17) is 13.9 Å². The van der Waals surface area contributed by atoms with Gasteiger partial charge in [-0.05, 0) is 12.1 Å². The van der Waals surface area contributed by atoms with Gasteiger partial charge in [0.2, 0.25) is 5.89 Å². The highest BCUT2D eigenvalue weighted by Gasteiger charge is 2.14. The molecule has 19 heavy (non-hydrogen) atoms. The summed E-state index contributed by atoms with van der Waals surface area (Å²) in [5, 5.41) is 9.85. The minimum absolute atomic E-state index is 0.0905. The van der Waals surface area contributed by atoms with Gasteiger partial charge in [0.1, 0.15) is 0 Å². The number of methoxy groups -OCH3 is 2. The second-order valence-corrected chi connectivity index (χ2v) is 3.65. The summed E-state index contributed by atoms with van der Waals surface area (Å²) in [6, 6.07) is 5.01. The molecule has 0 aliphatic heterocycles. The fourth-order valence-electron chi connectivity index (χ4n) is 1.49. The summed E-state index contributed by atoms with van der Waals surface area (Å²) >= 11 is 0. The van der Waals surface area contributed by atoms with Gasteiger partial charge in [-0.25, -0.2) is 0 Å². The summed E-state index contributed by atoms with van der Waals surface area (Å²) < 4.78 is 15.3. The molecule has 0 radical (unpaired) electrons. The Morgan fingerprint density at radius 2 is 1.95 bits per heavy atom. The lowest BCUT2D eigenvalue weighted by Crippen LogP contribution is -2.12. The minimum atomic E-state index is -0.479. The van der Waals surface area contributed by atoms with E-state index in [-0.39, 0.29) is 5.89 Å². The average molecular weight is 263 g/mol. The Hall–Kier alpha value is -2.57. The first-order chi connectivity index (χ1) is 9.13. The number of nitrogens with one attached hydrogen (secondary N) is 1. The Balaban J connectivity index is 2.17. The minimum Gasteiger partial charge on any atom is -0.493 e. The second-order valence-electron chi connectivity index (χ2n) is 3.65. The number of nitrogens with zero attached hydrogens (tertiary/aromatic N) is 2. The van der Waals surface area contributed by atoms with Crippen LogP contribution in [-0.4, -0.2) is 30.3 Å². The van der Waals surface area contributed by atoms with E-state index in [1.54, 1.807) is 25.1 Å². The van der Waals surface area contributed by atoms with E-state index >= 15 is 0 Å². The maximum atomic E-state index is 11.8. The molecule has 0 aliphatic carbocycles. The molecule has 0 saturated carbocycles. The van der Waals surface area contributed by atoms with Crippen molar-refractivity contribution in [2.24, 2.45) is 0 Å². The summed E-state index contributed by atoms with van der Waals surface area (Å²) in [6.45, 7) is 1.61. The van der Waals surface area contributed by atoms with Crippen LogP contribution in [0.3, 0.4) is 0 Å². The van der Waals surface area contributed by atoms with Crippen molar-refractivity contribution < 1.29 is 18.7 Å². The lowest BCUT2D eigenvalue weighted by atomic mass is 10.2. The fourth-order valence-corrected chi connectivity index (χ4v) is 1.49. The second kappa shape index (κ2) is 5.38. The van der Waals surface area contributed by atoms with Crippen LogP contribution in [0.4, 0.5) is 5.69 Å². The van der Waals surface area contributed by atoms with Crippen molar-refractivity contribution in [1.82, 2.24) is 10.2 Å². The monoisotopic (exact) mass is 263 g/mol. The van der Waals surface area contributed by atoms with Crippen LogP contribution in [0.2, 0.25) is 0 Å². The Morgan fingerprint density at radius 3 is 2.53 bits per heavy atom. The van der Waals surface area contributed by atoms with Crippen molar-refractivity contribution >= 4 is 11.6 Å². The summed E-state index contributed by atoms with van der Waals surface area (Å²) in [5.74, 6) is 0.855. The maximum Gasteiger partial charge on any atom is 0.313 e. The van der Waals surface area contributed by atoms with Crippen LogP contribution >= 0.6 is 0 Å². The quantitative estimate of drug-likeness (QED) is 0.902. The zero-order valence-corrected chi connectivity index (χ0v) is 10.8. The standard InChI is InChI=1S/C12H13N3O4/c1-7-14-15-12(19-7)11(16)13-8-4-5-9(17-2)10(6-8)18-3/h4-6H,1-3H3,(H,13,16). The Labute approximate surface area is 109 Å². The summed E-state index contributed by atoms with van der Waals surface area (Å²) in [7, 11) is 3.06. The first-order valence-electron chi connectivity index (χ1n) is 5.47. The number of carbonyl (C=O) groups is 1.